The SMILES string of the molecule is Cc1ccccc1OCCN(C)C(=O)NCC1COc2ccccc2C1. The number of nitrogens with zero attached hydrogens (tertiary/aromatic N) is 1. The normalized spacial score (nSPS) is 15.5. The van der Waals surface area contributed by atoms with Crippen molar-refractivity contribution in [2.75, 3.05) is 33.4 Å². The fourth-order valence-electron chi connectivity index (χ4n) is 3.00. The highest BCUT2D eigenvalue weighted by molar-refractivity contribution is 5.73. The average Bonchev–Trinajstić information content (AvgIpc) is 2.67. The summed E-state index contributed by atoms with van der Waals surface area (Å²) in [5.41, 5.74) is 2.30. The Bertz CT molecular complexity index is 748. The van der Waals surface area contributed by atoms with Crippen LogP contribution in [0.2, 0.25) is 0 Å². The van der Waals surface area contributed by atoms with Crippen LogP contribution >= 0.6 is 0 Å². The van der Waals surface area contributed by atoms with E-state index in [-0.39, 0.29) is 6.03 Å². The van der Waals surface area contributed by atoms with Gasteiger partial charge in [-0.25, -0.2) is 4.79 Å². The molecule has 0 bridgehead atoms. The summed E-state index contributed by atoms with van der Waals surface area (Å²) in [7, 11) is 1.78. The Morgan fingerprint density at radius 1 is 1.23 bits per heavy atom. The van der Waals surface area contributed by atoms with Crippen molar-refractivity contribution in [1.29, 1.82) is 0 Å². The zero-order valence-electron chi connectivity index (χ0n) is 15.4. The zero-order chi connectivity index (χ0) is 18.4. The van der Waals surface area contributed by atoms with Crippen LogP contribution in [0.3, 0.4) is 0 Å². The highest BCUT2D eigenvalue weighted by Gasteiger charge is 2.20. The third-order valence-electron chi connectivity index (χ3n) is 4.62. The molecule has 0 aliphatic carbocycles. The third-order valence-corrected chi connectivity index (χ3v) is 4.62. The predicted octanol–water partition coefficient (Wildman–Crippen LogP) is 3.27. The first-order chi connectivity index (χ1) is 12.6. The van der Waals surface area contributed by atoms with Crippen molar-refractivity contribution in [2.24, 2.45) is 5.92 Å². The van der Waals surface area contributed by atoms with Crippen LogP contribution in [0, 0.1) is 12.8 Å². The topological polar surface area (TPSA) is 50.8 Å². The molecular formula is C21H26N2O3. The largest absolute Gasteiger partial charge is 0.493 e. The van der Waals surface area contributed by atoms with Gasteiger partial charge in [0.05, 0.1) is 13.2 Å². The molecule has 2 aromatic carbocycles. The Labute approximate surface area is 154 Å². The molecule has 0 spiro atoms. The number of ether oxygens (including phenoxy) is 2. The molecule has 1 aliphatic heterocycles. The molecule has 2 aromatic rings. The van der Waals surface area contributed by atoms with E-state index in [4.69, 9.17) is 9.47 Å². The number of rotatable bonds is 6. The van der Waals surface area contributed by atoms with Crippen LogP contribution < -0.4 is 14.8 Å². The van der Waals surface area contributed by atoms with Crippen LogP contribution in [0.1, 0.15) is 11.1 Å². The molecule has 1 atom stereocenters. The lowest BCUT2D eigenvalue weighted by molar-refractivity contribution is 0.185. The quantitative estimate of drug-likeness (QED) is 0.866. The number of carbonyl (C=O) groups is 1. The lowest BCUT2D eigenvalue weighted by Gasteiger charge is -2.26. The molecule has 0 saturated carbocycles. The van der Waals surface area contributed by atoms with E-state index in [1.165, 1.54) is 5.56 Å². The molecule has 5 nitrogen and oxygen atoms in total. The van der Waals surface area contributed by atoms with E-state index in [2.05, 4.69) is 11.4 Å². The van der Waals surface area contributed by atoms with Gasteiger partial charge in [-0.1, -0.05) is 36.4 Å². The number of hydrogen-bond donors (Lipinski definition) is 1. The molecule has 1 unspecified atom stereocenters. The van der Waals surface area contributed by atoms with Gasteiger partial charge >= 0.3 is 6.03 Å². The highest BCUT2D eigenvalue weighted by atomic mass is 16.5. The van der Waals surface area contributed by atoms with Gasteiger partial charge in [0, 0.05) is 19.5 Å². The molecule has 3 rings (SSSR count). The van der Waals surface area contributed by atoms with Crippen LogP contribution in [0.25, 0.3) is 0 Å². The van der Waals surface area contributed by atoms with Gasteiger partial charge in [0.25, 0.3) is 0 Å². The maximum absolute atomic E-state index is 12.3. The van der Waals surface area contributed by atoms with E-state index in [9.17, 15) is 4.79 Å². The Morgan fingerprint density at radius 2 is 2.00 bits per heavy atom. The van der Waals surface area contributed by atoms with Crippen LogP contribution in [-0.2, 0) is 6.42 Å². The number of urea groups is 1. The lowest BCUT2D eigenvalue weighted by atomic mass is 9.97. The van der Waals surface area contributed by atoms with Gasteiger partial charge in [-0.3, -0.25) is 0 Å². The van der Waals surface area contributed by atoms with Crippen LogP contribution in [0.4, 0.5) is 4.79 Å². The number of amides is 2. The van der Waals surface area contributed by atoms with Crippen LogP contribution in [0.5, 0.6) is 11.5 Å². The second-order valence-corrected chi connectivity index (χ2v) is 6.71. The molecule has 1 heterocycles. The summed E-state index contributed by atoms with van der Waals surface area (Å²) in [4.78, 5) is 13.9. The van der Waals surface area contributed by atoms with Gasteiger partial charge in [0.1, 0.15) is 18.1 Å². The molecule has 1 N–H and O–H groups in total. The minimum atomic E-state index is -0.0859. The van der Waals surface area contributed by atoms with Crippen molar-refractivity contribution in [1.82, 2.24) is 10.2 Å². The number of nitrogens with one attached hydrogen (secondary N) is 1. The first-order valence-corrected chi connectivity index (χ1v) is 9.01. The van der Waals surface area contributed by atoms with Gasteiger partial charge in [0.15, 0.2) is 0 Å². The number of carbonyl (C=O) groups excluding carboxylic acids is 1. The van der Waals surface area contributed by atoms with Crippen molar-refractivity contribution >= 4 is 6.03 Å². The van der Waals surface area contributed by atoms with Crippen molar-refractivity contribution in [2.45, 2.75) is 13.3 Å². The summed E-state index contributed by atoms with van der Waals surface area (Å²) in [6, 6.07) is 15.9. The third kappa shape index (κ3) is 4.69. The number of hydrogen-bond acceptors (Lipinski definition) is 3. The van der Waals surface area contributed by atoms with Gasteiger partial charge < -0.3 is 19.7 Å². The summed E-state index contributed by atoms with van der Waals surface area (Å²) in [5.74, 6) is 2.12. The number of fused-ring (bicyclic) bond motifs is 1. The average molecular weight is 354 g/mol. The number of aryl methyl sites for hydroxylation is 1. The van der Waals surface area contributed by atoms with E-state index in [1.54, 1.807) is 11.9 Å². The fraction of sp³-hybridized carbons (Fsp3) is 0.381. The molecule has 0 aromatic heterocycles. The summed E-state index contributed by atoms with van der Waals surface area (Å²) in [6.45, 7) is 4.25. The molecule has 0 fully saturated rings. The van der Waals surface area contributed by atoms with Crippen molar-refractivity contribution in [3.05, 3.63) is 59.7 Å². The Hall–Kier alpha value is -2.69. The lowest BCUT2D eigenvalue weighted by Crippen LogP contribution is -2.43. The number of likely N-dealkylation sites (N-methyl/N-ethyl adjacent to an activating group) is 1. The molecule has 5 heteroatoms. The Kier molecular flexibility index (Phi) is 6.00. The highest BCUT2D eigenvalue weighted by Crippen LogP contribution is 2.26. The zero-order valence-corrected chi connectivity index (χ0v) is 15.4. The predicted molar refractivity (Wildman–Crippen MR) is 102 cm³/mol. The standard InChI is InChI=1S/C21H26N2O3/c1-16-7-3-5-9-19(16)25-12-11-23(2)21(24)22-14-17-13-18-8-4-6-10-20(18)26-15-17/h3-10,17H,11-15H2,1-2H3,(H,22,24). The monoisotopic (exact) mass is 354 g/mol. The Balaban J connectivity index is 1.39. The van der Waals surface area contributed by atoms with Crippen molar-refractivity contribution in [3.8, 4) is 11.5 Å². The minimum Gasteiger partial charge on any atom is -0.493 e. The van der Waals surface area contributed by atoms with Crippen molar-refractivity contribution < 1.29 is 14.3 Å². The smallest absolute Gasteiger partial charge is 0.317 e. The van der Waals surface area contributed by atoms with Gasteiger partial charge in [-0.15, -0.1) is 0 Å². The maximum Gasteiger partial charge on any atom is 0.317 e. The first kappa shape index (κ1) is 18.1. The second-order valence-electron chi connectivity index (χ2n) is 6.71. The summed E-state index contributed by atoms with van der Waals surface area (Å²) < 4.78 is 11.5. The fourth-order valence-corrected chi connectivity index (χ4v) is 3.00. The van der Waals surface area contributed by atoms with E-state index >= 15 is 0 Å². The second kappa shape index (κ2) is 8.61. The molecule has 26 heavy (non-hydrogen) atoms. The molecule has 2 amide bonds. The van der Waals surface area contributed by atoms with Crippen LogP contribution in [0.15, 0.2) is 48.5 Å². The van der Waals surface area contributed by atoms with E-state index < -0.39 is 0 Å². The molecule has 0 radical (unpaired) electrons. The number of benzene rings is 2. The van der Waals surface area contributed by atoms with Crippen LogP contribution in [-0.4, -0.2) is 44.3 Å². The Morgan fingerprint density at radius 3 is 2.85 bits per heavy atom. The first-order valence-electron chi connectivity index (χ1n) is 9.01. The van der Waals surface area contributed by atoms with E-state index in [0.717, 1.165) is 23.5 Å². The van der Waals surface area contributed by atoms with E-state index in [1.807, 2.05) is 49.4 Å². The number of para-hydroxylation sites is 2. The van der Waals surface area contributed by atoms with Gasteiger partial charge in [0.2, 0.25) is 0 Å². The van der Waals surface area contributed by atoms with Crippen molar-refractivity contribution in [3.63, 3.8) is 0 Å². The molecule has 1 aliphatic rings. The summed E-state index contributed by atoms with van der Waals surface area (Å²) >= 11 is 0. The molecular weight excluding hydrogens is 328 g/mol. The summed E-state index contributed by atoms with van der Waals surface area (Å²) in [6.07, 6.45) is 0.927. The molecule has 0 saturated heterocycles. The van der Waals surface area contributed by atoms with E-state index in [0.29, 0.717) is 32.2 Å². The maximum atomic E-state index is 12.3. The van der Waals surface area contributed by atoms with Gasteiger partial charge in [-0.2, -0.15) is 0 Å². The minimum absolute atomic E-state index is 0.0859. The molecule has 138 valence electrons. The van der Waals surface area contributed by atoms with Gasteiger partial charge in [-0.05, 0) is 36.6 Å². The summed E-state index contributed by atoms with van der Waals surface area (Å²) in [5, 5.41) is 2.99.